The molecule has 10 nitrogen and oxygen atoms in total. The van der Waals surface area contributed by atoms with E-state index in [9.17, 15) is 19.2 Å². The van der Waals surface area contributed by atoms with Crippen LogP contribution >= 0.6 is 0 Å². The highest BCUT2D eigenvalue weighted by Gasteiger charge is 2.42. The molecule has 0 spiro atoms. The molecule has 4 amide bonds. The SMILES string of the molecule is CCNC(=O)NC(=O)COC(=O)C1CCC(=O)N(c2ccc(OC)cc2)C1c1ccc(OC)cc1. The van der Waals surface area contributed by atoms with Gasteiger partial charge in [0.1, 0.15) is 11.5 Å². The van der Waals surface area contributed by atoms with Crippen LogP contribution in [0.2, 0.25) is 0 Å². The average Bonchev–Trinajstić information content (AvgIpc) is 2.87. The monoisotopic (exact) mass is 483 g/mol. The molecular weight excluding hydrogens is 454 g/mol. The van der Waals surface area contributed by atoms with Crippen LogP contribution in [-0.4, -0.2) is 51.2 Å². The maximum absolute atomic E-state index is 13.1. The van der Waals surface area contributed by atoms with E-state index >= 15 is 0 Å². The number of imide groups is 1. The highest BCUT2D eigenvalue weighted by atomic mass is 16.5. The Balaban J connectivity index is 1.87. The van der Waals surface area contributed by atoms with Gasteiger partial charge in [-0.15, -0.1) is 0 Å². The minimum absolute atomic E-state index is 0.129. The van der Waals surface area contributed by atoms with Crippen LogP contribution in [0.4, 0.5) is 10.5 Å². The fourth-order valence-corrected chi connectivity index (χ4v) is 3.98. The first-order valence-electron chi connectivity index (χ1n) is 11.2. The number of esters is 1. The van der Waals surface area contributed by atoms with Crippen molar-refractivity contribution >= 4 is 29.5 Å². The van der Waals surface area contributed by atoms with Crippen LogP contribution in [0.3, 0.4) is 0 Å². The standard InChI is InChI=1S/C25H29N3O7/c1-4-26-25(32)27-21(29)15-35-24(31)20-13-14-22(30)28(17-7-11-19(34-3)12-8-17)23(20)16-5-9-18(33-2)10-6-16/h5-12,20,23H,4,13-15H2,1-3H3,(H2,26,27,29,32). The van der Waals surface area contributed by atoms with Crippen LogP contribution in [0.5, 0.6) is 11.5 Å². The number of carbonyl (C=O) groups is 4. The second kappa shape index (κ2) is 11.9. The Morgan fingerprint density at radius 3 is 2.14 bits per heavy atom. The minimum atomic E-state index is -0.746. The summed E-state index contributed by atoms with van der Waals surface area (Å²) < 4.78 is 15.7. The number of nitrogens with zero attached hydrogens (tertiary/aromatic N) is 1. The number of hydrogen-bond acceptors (Lipinski definition) is 7. The topological polar surface area (TPSA) is 123 Å². The van der Waals surface area contributed by atoms with Crippen LogP contribution in [0.15, 0.2) is 48.5 Å². The van der Waals surface area contributed by atoms with E-state index in [1.165, 1.54) is 0 Å². The van der Waals surface area contributed by atoms with E-state index in [1.807, 2.05) is 0 Å². The lowest BCUT2D eigenvalue weighted by Gasteiger charge is -2.40. The summed E-state index contributed by atoms with van der Waals surface area (Å²) in [6.07, 6.45) is 0.377. The van der Waals surface area contributed by atoms with E-state index in [2.05, 4.69) is 10.6 Å². The average molecular weight is 484 g/mol. The number of benzene rings is 2. The molecule has 0 radical (unpaired) electrons. The molecule has 0 aromatic heterocycles. The Bertz CT molecular complexity index is 1050. The summed E-state index contributed by atoms with van der Waals surface area (Å²) in [6, 6.07) is 12.7. The summed E-state index contributed by atoms with van der Waals surface area (Å²) in [4.78, 5) is 51.3. The predicted molar refractivity (Wildman–Crippen MR) is 127 cm³/mol. The van der Waals surface area contributed by atoms with Gasteiger partial charge in [-0.05, 0) is 55.3 Å². The van der Waals surface area contributed by atoms with Gasteiger partial charge in [0.05, 0.1) is 26.2 Å². The summed E-state index contributed by atoms with van der Waals surface area (Å²) >= 11 is 0. The smallest absolute Gasteiger partial charge is 0.321 e. The molecule has 186 valence electrons. The summed E-state index contributed by atoms with van der Waals surface area (Å²) in [5, 5.41) is 4.52. The highest BCUT2D eigenvalue weighted by molar-refractivity contribution is 5.98. The molecule has 1 fully saturated rings. The number of anilines is 1. The third-order valence-electron chi connectivity index (χ3n) is 5.64. The molecule has 2 unspecified atom stereocenters. The fraction of sp³-hybridized carbons (Fsp3) is 0.360. The molecule has 10 heteroatoms. The van der Waals surface area contributed by atoms with E-state index in [4.69, 9.17) is 14.2 Å². The molecule has 2 aromatic rings. The summed E-state index contributed by atoms with van der Waals surface area (Å²) in [5.41, 5.74) is 1.31. The number of urea groups is 1. The summed E-state index contributed by atoms with van der Waals surface area (Å²) in [6.45, 7) is 1.44. The van der Waals surface area contributed by atoms with Crippen molar-refractivity contribution in [1.82, 2.24) is 10.6 Å². The van der Waals surface area contributed by atoms with Crippen molar-refractivity contribution in [3.8, 4) is 11.5 Å². The van der Waals surface area contributed by atoms with Gasteiger partial charge < -0.3 is 24.4 Å². The molecule has 1 aliphatic rings. The largest absolute Gasteiger partial charge is 0.497 e. The van der Waals surface area contributed by atoms with Crippen LogP contribution in [0, 0.1) is 5.92 Å². The molecule has 35 heavy (non-hydrogen) atoms. The number of carbonyl (C=O) groups excluding carboxylic acids is 4. The van der Waals surface area contributed by atoms with E-state index in [0.717, 1.165) is 0 Å². The van der Waals surface area contributed by atoms with Crippen molar-refractivity contribution in [2.24, 2.45) is 5.92 Å². The van der Waals surface area contributed by atoms with E-state index in [-0.39, 0.29) is 18.7 Å². The molecule has 2 aromatic carbocycles. The predicted octanol–water partition coefficient (Wildman–Crippen LogP) is 2.58. The van der Waals surface area contributed by atoms with Gasteiger partial charge in [0.2, 0.25) is 5.91 Å². The lowest BCUT2D eigenvalue weighted by atomic mass is 9.83. The van der Waals surface area contributed by atoms with Gasteiger partial charge in [-0.3, -0.25) is 19.7 Å². The van der Waals surface area contributed by atoms with Crippen LogP contribution in [0.25, 0.3) is 0 Å². The first-order chi connectivity index (χ1) is 16.9. The second-order valence-electron chi connectivity index (χ2n) is 7.84. The molecule has 1 saturated heterocycles. The van der Waals surface area contributed by atoms with Gasteiger partial charge in [-0.1, -0.05) is 12.1 Å². The number of amides is 4. The molecule has 2 atom stereocenters. The van der Waals surface area contributed by atoms with Gasteiger partial charge in [-0.25, -0.2) is 4.79 Å². The molecule has 0 bridgehead atoms. The van der Waals surface area contributed by atoms with Gasteiger partial charge in [0.25, 0.3) is 5.91 Å². The normalized spacial score (nSPS) is 17.3. The van der Waals surface area contributed by atoms with Crippen molar-refractivity contribution in [3.05, 3.63) is 54.1 Å². The molecule has 1 aliphatic heterocycles. The lowest BCUT2D eigenvalue weighted by molar-refractivity contribution is -0.154. The number of nitrogens with one attached hydrogen (secondary N) is 2. The molecule has 0 saturated carbocycles. The Morgan fingerprint density at radius 1 is 0.971 bits per heavy atom. The number of piperidine rings is 1. The zero-order valence-corrected chi connectivity index (χ0v) is 19.9. The molecular formula is C25H29N3O7. The third kappa shape index (κ3) is 6.28. The molecule has 3 rings (SSSR count). The fourth-order valence-electron chi connectivity index (χ4n) is 3.98. The van der Waals surface area contributed by atoms with Crippen molar-refractivity contribution in [2.75, 3.05) is 32.3 Å². The Morgan fingerprint density at radius 2 is 1.57 bits per heavy atom. The quantitative estimate of drug-likeness (QED) is 0.553. The Hall–Kier alpha value is -4.08. The minimum Gasteiger partial charge on any atom is -0.497 e. The van der Waals surface area contributed by atoms with Crippen LogP contribution in [0.1, 0.15) is 31.4 Å². The Kier molecular flexibility index (Phi) is 8.66. The molecule has 0 aliphatic carbocycles. The van der Waals surface area contributed by atoms with Gasteiger partial charge in [0.15, 0.2) is 6.61 Å². The van der Waals surface area contributed by atoms with Crippen molar-refractivity contribution < 1.29 is 33.4 Å². The number of methoxy groups -OCH3 is 2. The van der Waals surface area contributed by atoms with Gasteiger partial charge in [-0.2, -0.15) is 0 Å². The number of rotatable bonds is 8. The zero-order valence-electron chi connectivity index (χ0n) is 19.9. The second-order valence-corrected chi connectivity index (χ2v) is 7.84. The highest BCUT2D eigenvalue weighted by Crippen LogP contribution is 2.41. The number of hydrogen-bond donors (Lipinski definition) is 2. The zero-order chi connectivity index (χ0) is 25.4. The third-order valence-corrected chi connectivity index (χ3v) is 5.64. The summed E-state index contributed by atoms with van der Waals surface area (Å²) in [5.74, 6) is -0.997. The molecule has 1 heterocycles. The van der Waals surface area contributed by atoms with Gasteiger partial charge in [0, 0.05) is 18.7 Å². The van der Waals surface area contributed by atoms with Crippen molar-refractivity contribution in [1.29, 1.82) is 0 Å². The van der Waals surface area contributed by atoms with Gasteiger partial charge >= 0.3 is 12.0 Å². The van der Waals surface area contributed by atoms with Crippen molar-refractivity contribution in [2.45, 2.75) is 25.8 Å². The summed E-state index contributed by atoms with van der Waals surface area (Å²) in [7, 11) is 3.10. The Labute approximate surface area is 203 Å². The maximum atomic E-state index is 13.1. The van der Waals surface area contributed by atoms with E-state index < -0.39 is 36.5 Å². The first-order valence-corrected chi connectivity index (χ1v) is 11.2. The molecule has 2 N–H and O–H groups in total. The first kappa shape index (κ1) is 25.5. The lowest BCUT2D eigenvalue weighted by Crippen LogP contribution is -2.47. The van der Waals surface area contributed by atoms with Crippen LogP contribution in [-0.2, 0) is 19.1 Å². The van der Waals surface area contributed by atoms with E-state index in [0.29, 0.717) is 29.3 Å². The maximum Gasteiger partial charge on any atom is 0.321 e. The van der Waals surface area contributed by atoms with E-state index in [1.54, 1.807) is 74.6 Å². The van der Waals surface area contributed by atoms with Crippen LogP contribution < -0.4 is 25.0 Å². The van der Waals surface area contributed by atoms with Crippen molar-refractivity contribution in [3.63, 3.8) is 0 Å². The number of ether oxygens (including phenoxy) is 3.